The summed E-state index contributed by atoms with van der Waals surface area (Å²) in [4.78, 5) is 96.7. The monoisotopic (exact) mass is 901 g/mol. The molecule has 0 aromatic carbocycles. The molecule has 21 heteroatoms. The molecule has 0 rings (SSSR count). The van der Waals surface area contributed by atoms with Crippen LogP contribution in [0, 0.1) is 5.41 Å². The van der Waals surface area contributed by atoms with E-state index in [0.29, 0.717) is 38.8 Å². The van der Waals surface area contributed by atoms with Crippen molar-refractivity contribution in [1.29, 1.82) is 0 Å². The van der Waals surface area contributed by atoms with Gasteiger partial charge in [-0.1, -0.05) is 56.1 Å². The number of esters is 3. The molecule has 3 unspecified atom stereocenters. The predicted octanol–water partition coefficient (Wildman–Crippen LogP) is 5.87. The van der Waals surface area contributed by atoms with E-state index in [1.165, 1.54) is 0 Å². The van der Waals surface area contributed by atoms with Gasteiger partial charge in [0.05, 0.1) is 24.7 Å². The van der Waals surface area contributed by atoms with Crippen LogP contribution in [0.5, 0.6) is 0 Å². The van der Waals surface area contributed by atoms with Crippen molar-refractivity contribution in [1.82, 2.24) is 5.32 Å². The summed E-state index contributed by atoms with van der Waals surface area (Å²) in [6, 6.07) is 0.528. The minimum absolute atomic E-state index is 0.0453. The average molecular weight is 902 g/mol. The first-order valence-corrected chi connectivity index (χ1v) is 24.0. The highest BCUT2D eigenvalue weighted by Crippen LogP contribution is 2.25. The Labute approximate surface area is 355 Å². The Morgan fingerprint density at radius 2 is 0.948 bits per heavy atom. The van der Waals surface area contributed by atoms with E-state index in [0.717, 1.165) is 35.3 Å². The lowest BCUT2D eigenvalue weighted by atomic mass is 9.94. The van der Waals surface area contributed by atoms with E-state index < -0.39 is 59.8 Å². The van der Waals surface area contributed by atoms with Crippen LogP contribution in [-0.4, -0.2) is 126 Å². The number of carbonyl (C=O) groups excluding carboxylic acids is 6. The van der Waals surface area contributed by atoms with E-state index >= 15 is 0 Å². The summed E-state index contributed by atoms with van der Waals surface area (Å²) in [5.74, 6) is -3.98. The van der Waals surface area contributed by atoms with Gasteiger partial charge in [-0.3, -0.25) is 38.4 Å². The van der Waals surface area contributed by atoms with Crippen LogP contribution in [0.25, 0.3) is 0 Å². The molecule has 3 N–H and O–H groups in total. The fourth-order valence-electron chi connectivity index (χ4n) is 4.95. The number of carboxylic acids is 2. The molecule has 334 valence electrons. The number of amides is 1. The highest BCUT2D eigenvalue weighted by Gasteiger charge is 2.39. The zero-order valence-corrected chi connectivity index (χ0v) is 38.2. The topological polar surface area (TPSA) is 244 Å². The molecule has 17 nitrogen and oxygen atoms in total. The van der Waals surface area contributed by atoms with Crippen LogP contribution >= 0.6 is 35.3 Å². The third-order valence-electron chi connectivity index (χ3n) is 7.65. The highest BCUT2D eigenvalue weighted by atomic mass is 32.2. The normalized spacial score (nSPS) is 14.0. The highest BCUT2D eigenvalue weighted by molar-refractivity contribution is 8.14. The number of hydrogen-bond acceptors (Lipinski definition) is 17. The summed E-state index contributed by atoms with van der Waals surface area (Å²) in [5, 5.41) is 18.1. The first-order valence-electron chi connectivity index (χ1n) is 19.4. The summed E-state index contributed by atoms with van der Waals surface area (Å²) in [6.45, 7) is 12.9. The van der Waals surface area contributed by atoms with Gasteiger partial charge in [0.2, 0.25) is 0 Å². The van der Waals surface area contributed by atoms with Gasteiger partial charge in [-0.15, -0.1) is 0 Å². The minimum atomic E-state index is -2.84. The van der Waals surface area contributed by atoms with Crippen LogP contribution in [0.15, 0.2) is 0 Å². The maximum atomic E-state index is 12.9. The van der Waals surface area contributed by atoms with Crippen LogP contribution < -0.4 is 5.32 Å². The average Bonchev–Trinajstić information content (AvgIpc) is 3.10. The maximum Gasteiger partial charge on any atom is 0.500 e. The van der Waals surface area contributed by atoms with Crippen molar-refractivity contribution < 1.29 is 76.1 Å². The molecule has 58 heavy (non-hydrogen) atoms. The molecule has 0 aliphatic heterocycles. The Morgan fingerprint density at radius 3 is 1.29 bits per heavy atom. The van der Waals surface area contributed by atoms with Crippen LogP contribution in [0.4, 0.5) is 4.79 Å². The molecule has 0 radical (unpaired) electrons. The van der Waals surface area contributed by atoms with Crippen LogP contribution in [0.1, 0.15) is 113 Å². The zero-order valence-electron chi connectivity index (χ0n) is 34.8. The molecule has 0 bridgehead atoms. The summed E-state index contributed by atoms with van der Waals surface area (Å²) >= 11 is 2.75. The van der Waals surface area contributed by atoms with Crippen molar-refractivity contribution in [2.24, 2.45) is 5.41 Å². The van der Waals surface area contributed by atoms with Gasteiger partial charge < -0.3 is 43.0 Å². The van der Waals surface area contributed by atoms with E-state index in [1.54, 1.807) is 27.7 Å². The first-order chi connectivity index (χ1) is 27.3. The zero-order chi connectivity index (χ0) is 44.1. The third-order valence-corrected chi connectivity index (χ3v) is 13.8. The minimum Gasteiger partial charge on any atom is -0.481 e. The number of nitrogens with one attached hydrogen (secondary N) is 1. The molecule has 0 aliphatic carbocycles. The van der Waals surface area contributed by atoms with Gasteiger partial charge in [-0.05, 0) is 47.0 Å². The second kappa shape index (κ2) is 31.2. The van der Waals surface area contributed by atoms with Crippen LogP contribution in [0.3, 0.4) is 0 Å². The lowest BCUT2D eigenvalue weighted by Crippen LogP contribution is -2.46. The number of carboxylic acid groups (broad SMARTS) is 2. The van der Waals surface area contributed by atoms with Crippen LogP contribution in [0.2, 0.25) is 6.04 Å². The van der Waals surface area contributed by atoms with Gasteiger partial charge in [0.1, 0.15) is 19.8 Å². The van der Waals surface area contributed by atoms with Crippen LogP contribution in [-0.2, 0) is 61.1 Å². The SMILES string of the molecule is CCO[Si](CCCNC(=O)SC(C)CC(=O)OCC(C)(COC(=O)CC(C)SC(=O)CCCC(=O)O)COC(=O)CC(C)SC(=O)CCCC(=O)O)(OCC)OCC. The number of ether oxygens (including phenoxy) is 3. The van der Waals surface area contributed by atoms with Crippen molar-refractivity contribution in [3.63, 3.8) is 0 Å². The summed E-state index contributed by atoms with van der Waals surface area (Å²) < 4.78 is 34.0. The molecule has 0 saturated heterocycles. The van der Waals surface area contributed by atoms with Gasteiger partial charge in [-0.25, -0.2) is 0 Å². The first kappa shape index (κ1) is 55.3. The molecule has 0 heterocycles. The predicted molar refractivity (Wildman–Crippen MR) is 222 cm³/mol. The largest absolute Gasteiger partial charge is 0.500 e. The summed E-state index contributed by atoms with van der Waals surface area (Å²) in [5.41, 5.74) is -1.20. The Kier molecular flexibility index (Phi) is 29.8. The van der Waals surface area contributed by atoms with Gasteiger partial charge in [0, 0.05) is 73.8 Å². The number of rotatable bonds is 33. The number of thioether (sulfide) groups is 3. The number of aliphatic carboxylic acids is 2. The molecule has 0 aromatic heterocycles. The van der Waals surface area contributed by atoms with Gasteiger partial charge in [-0.2, -0.15) is 0 Å². The fourth-order valence-corrected chi connectivity index (χ4v) is 10.2. The number of carbonyl (C=O) groups is 8. The number of hydrogen-bond donors (Lipinski definition) is 3. The summed E-state index contributed by atoms with van der Waals surface area (Å²) in [6.07, 6.45) is 0.311. The van der Waals surface area contributed by atoms with E-state index in [9.17, 15) is 38.4 Å². The quantitative estimate of drug-likeness (QED) is 0.0302. The Hall–Kier alpha value is -2.69. The van der Waals surface area contributed by atoms with Crippen molar-refractivity contribution >= 4 is 89.4 Å². The van der Waals surface area contributed by atoms with Crippen molar-refractivity contribution in [2.45, 2.75) is 134 Å². The molecule has 0 saturated carbocycles. The van der Waals surface area contributed by atoms with Gasteiger partial charge in [0.25, 0.3) is 5.24 Å². The van der Waals surface area contributed by atoms with Crippen molar-refractivity contribution in [2.75, 3.05) is 46.2 Å². The smallest absolute Gasteiger partial charge is 0.481 e. The molecule has 0 fully saturated rings. The molecular weight excluding hydrogens is 839 g/mol. The van der Waals surface area contributed by atoms with E-state index in [-0.39, 0.29) is 93.1 Å². The Bertz CT molecular complexity index is 1250. The molecular formula is C37H63NO16S3Si. The van der Waals surface area contributed by atoms with Crippen molar-refractivity contribution in [3.8, 4) is 0 Å². The fraction of sp³-hybridized carbons (Fsp3) is 0.784. The van der Waals surface area contributed by atoms with Gasteiger partial charge in [0.15, 0.2) is 10.2 Å². The maximum absolute atomic E-state index is 12.9. The molecule has 0 spiro atoms. The lowest BCUT2D eigenvalue weighted by Gasteiger charge is -2.28. The molecule has 1 amide bonds. The van der Waals surface area contributed by atoms with Crippen molar-refractivity contribution in [3.05, 3.63) is 0 Å². The molecule has 0 aromatic rings. The second-order valence-electron chi connectivity index (χ2n) is 13.7. The lowest BCUT2D eigenvalue weighted by molar-refractivity contribution is -0.160. The van der Waals surface area contributed by atoms with Gasteiger partial charge >= 0.3 is 38.7 Å². The van der Waals surface area contributed by atoms with E-state index in [1.807, 2.05) is 20.8 Å². The van der Waals surface area contributed by atoms with E-state index in [2.05, 4.69) is 5.32 Å². The Balaban J connectivity index is 5.27. The molecule has 0 aliphatic rings. The van der Waals surface area contributed by atoms with E-state index in [4.69, 9.17) is 37.7 Å². The second-order valence-corrected chi connectivity index (χ2v) is 20.9. The standard InChI is InChI=1S/C37H63NO16S3Si/c1-8-52-58(53-9-2,54-10-3)19-13-18-38-36(48)57-28(6)22-33(45)51-25-37(7,23-49-31(43)20-26(4)55-34(46)16-11-14-29(39)40)24-50-32(44)21-27(5)56-35(47)17-12-15-30(41)42/h26-28H,8-25H2,1-7H3,(H,38,48)(H,39,40)(H,41,42). The summed E-state index contributed by atoms with van der Waals surface area (Å²) in [7, 11) is -2.84. The third kappa shape index (κ3) is 28.7. The Morgan fingerprint density at radius 1 is 0.586 bits per heavy atom. The molecule has 3 atom stereocenters.